The van der Waals surface area contributed by atoms with Crippen molar-refractivity contribution >= 4 is 28.8 Å². The minimum atomic E-state index is 0.373. The maximum Gasteiger partial charge on any atom is 0.155 e. The smallest absolute Gasteiger partial charge is 0.155 e. The van der Waals surface area contributed by atoms with Crippen LogP contribution >= 0.6 is 11.6 Å². The molecule has 2 aromatic rings. The second-order valence-corrected chi connectivity index (χ2v) is 3.37. The van der Waals surface area contributed by atoms with Crippen LogP contribution in [0, 0.1) is 6.92 Å². The standard InChI is InChI=1S/C10H7ClN2O/c1-6-2-8-3-7(5-14)4-12-9(8)10(11)13-6/h2-5H,1H3. The summed E-state index contributed by atoms with van der Waals surface area (Å²) in [5, 5.41) is 1.21. The fraction of sp³-hybridized carbons (Fsp3) is 0.100. The summed E-state index contributed by atoms with van der Waals surface area (Å²) >= 11 is 5.90. The van der Waals surface area contributed by atoms with E-state index >= 15 is 0 Å². The molecule has 0 spiro atoms. The number of hydrogen-bond acceptors (Lipinski definition) is 3. The monoisotopic (exact) mass is 206 g/mol. The first-order valence-corrected chi connectivity index (χ1v) is 4.46. The number of rotatable bonds is 1. The summed E-state index contributed by atoms with van der Waals surface area (Å²) in [5.74, 6) is 0. The van der Waals surface area contributed by atoms with Gasteiger partial charge < -0.3 is 0 Å². The van der Waals surface area contributed by atoms with Gasteiger partial charge in [0, 0.05) is 22.8 Å². The Morgan fingerprint density at radius 2 is 2.21 bits per heavy atom. The van der Waals surface area contributed by atoms with Crippen molar-refractivity contribution in [2.24, 2.45) is 0 Å². The van der Waals surface area contributed by atoms with Gasteiger partial charge in [0.05, 0.1) is 0 Å². The molecule has 0 fully saturated rings. The fourth-order valence-corrected chi connectivity index (χ4v) is 1.60. The Bertz CT molecular complexity index is 511. The van der Waals surface area contributed by atoms with Gasteiger partial charge in [0.2, 0.25) is 0 Å². The molecule has 0 bridgehead atoms. The third kappa shape index (κ3) is 1.46. The Balaban J connectivity index is 2.81. The molecule has 0 aliphatic carbocycles. The summed E-state index contributed by atoms with van der Waals surface area (Å²) in [4.78, 5) is 18.7. The normalized spacial score (nSPS) is 10.4. The molecule has 70 valence electrons. The van der Waals surface area contributed by atoms with E-state index in [9.17, 15) is 4.79 Å². The summed E-state index contributed by atoms with van der Waals surface area (Å²) in [6.07, 6.45) is 2.24. The van der Waals surface area contributed by atoms with Crippen molar-refractivity contribution in [3.05, 3.63) is 34.7 Å². The summed E-state index contributed by atoms with van der Waals surface area (Å²) in [5.41, 5.74) is 1.98. The lowest BCUT2D eigenvalue weighted by Crippen LogP contribution is -1.89. The van der Waals surface area contributed by atoms with Gasteiger partial charge >= 0.3 is 0 Å². The highest BCUT2D eigenvalue weighted by Crippen LogP contribution is 2.20. The molecule has 0 N–H and O–H groups in total. The van der Waals surface area contributed by atoms with Gasteiger partial charge in [-0.25, -0.2) is 4.98 Å². The number of pyridine rings is 2. The zero-order valence-corrected chi connectivity index (χ0v) is 8.25. The van der Waals surface area contributed by atoms with Crippen LogP contribution in [0.3, 0.4) is 0 Å². The number of aromatic nitrogens is 2. The van der Waals surface area contributed by atoms with Crippen molar-refractivity contribution in [2.75, 3.05) is 0 Å². The van der Waals surface area contributed by atoms with Gasteiger partial charge in [-0.2, -0.15) is 0 Å². The zero-order chi connectivity index (χ0) is 10.1. The van der Waals surface area contributed by atoms with Gasteiger partial charge in [-0.05, 0) is 19.1 Å². The van der Waals surface area contributed by atoms with Gasteiger partial charge in [-0.15, -0.1) is 0 Å². The van der Waals surface area contributed by atoms with E-state index in [1.807, 2.05) is 13.0 Å². The van der Waals surface area contributed by atoms with Crippen LogP contribution in [0.15, 0.2) is 18.3 Å². The predicted molar refractivity (Wildman–Crippen MR) is 54.7 cm³/mol. The van der Waals surface area contributed by atoms with E-state index in [0.717, 1.165) is 17.4 Å². The molecule has 0 amide bonds. The largest absolute Gasteiger partial charge is 0.298 e. The SMILES string of the molecule is Cc1cc2cc(C=O)cnc2c(Cl)n1. The number of halogens is 1. The van der Waals surface area contributed by atoms with E-state index in [-0.39, 0.29) is 0 Å². The van der Waals surface area contributed by atoms with E-state index in [1.54, 1.807) is 6.07 Å². The minimum Gasteiger partial charge on any atom is -0.298 e. The first-order chi connectivity index (χ1) is 6.70. The zero-order valence-electron chi connectivity index (χ0n) is 7.49. The van der Waals surface area contributed by atoms with Crippen LogP contribution in [-0.4, -0.2) is 16.3 Å². The molecule has 0 aliphatic heterocycles. The van der Waals surface area contributed by atoms with Crippen LogP contribution < -0.4 is 0 Å². The predicted octanol–water partition coefficient (Wildman–Crippen LogP) is 2.40. The van der Waals surface area contributed by atoms with E-state index < -0.39 is 0 Å². The maximum absolute atomic E-state index is 10.5. The minimum absolute atomic E-state index is 0.373. The van der Waals surface area contributed by atoms with Crippen LogP contribution in [0.5, 0.6) is 0 Å². The number of carbonyl (C=O) groups excluding carboxylic acids is 1. The van der Waals surface area contributed by atoms with Crippen molar-refractivity contribution in [3.8, 4) is 0 Å². The van der Waals surface area contributed by atoms with Gasteiger partial charge in [0.1, 0.15) is 5.52 Å². The second-order valence-electron chi connectivity index (χ2n) is 3.01. The van der Waals surface area contributed by atoms with Crippen LogP contribution in [0.2, 0.25) is 5.15 Å². The highest BCUT2D eigenvalue weighted by atomic mass is 35.5. The average molecular weight is 207 g/mol. The first-order valence-electron chi connectivity index (χ1n) is 4.09. The molecule has 0 saturated heterocycles. The molecule has 2 aromatic heterocycles. The Hall–Kier alpha value is -1.48. The Labute approximate surface area is 85.7 Å². The van der Waals surface area contributed by atoms with Gasteiger partial charge in [-0.1, -0.05) is 11.6 Å². The summed E-state index contributed by atoms with van der Waals surface area (Å²) in [7, 11) is 0. The topological polar surface area (TPSA) is 42.9 Å². The molecule has 14 heavy (non-hydrogen) atoms. The lowest BCUT2D eigenvalue weighted by molar-refractivity contribution is 0.112. The fourth-order valence-electron chi connectivity index (χ4n) is 1.31. The van der Waals surface area contributed by atoms with Crippen LogP contribution in [0.4, 0.5) is 0 Å². The first kappa shape index (κ1) is 9.09. The number of fused-ring (bicyclic) bond motifs is 1. The quantitative estimate of drug-likeness (QED) is 0.532. The number of nitrogens with zero attached hydrogens (tertiary/aromatic N) is 2. The van der Waals surface area contributed by atoms with Gasteiger partial charge in [0.25, 0.3) is 0 Å². The van der Waals surface area contributed by atoms with Crippen molar-refractivity contribution in [1.82, 2.24) is 9.97 Å². The van der Waals surface area contributed by atoms with E-state index in [1.165, 1.54) is 6.20 Å². The van der Waals surface area contributed by atoms with Crippen LogP contribution in [-0.2, 0) is 0 Å². The van der Waals surface area contributed by atoms with Crippen molar-refractivity contribution in [2.45, 2.75) is 6.92 Å². The van der Waals surface area contributed by atoms with Crippen molar-refractivity contribution in [1.29, 1.82) is 0 Å². The maximum atomic E-state index is 10.5. The van der Waals surface area contributed by atoms with Crippen LogP contribution in [0.1, 0.15) is 16.1 Å². The Kier molecular flexibility index (Phi) is 2.17. The molecule has 0 atom stereocenters. The molecule has 0 radical (unpaired) electrons. The molecular formula is C10H7ClN2O. The lowest BCUT2D eigenvalue weighted by Gasteiger charge is -2.01. The molecule has 2 heterocycles. The second kappa shape index (κ2) is 3.35. The molecular weight excluding hydrogens is 200 g/mol. The lowest BCUT2D eigenvalue weighted by atomic mass is 10.2. The molecule has 0 aromatic carbocycles. The van der Waals surface area contributed by atoms with E-state index in [0.29, 0.717) is 16.2 Å². The number of carbonyl (C=O) groups is 1. The average Bonchev–Trinajstić information content (AvgIpc) is 2.16. The van der Waals surface area contributed by atoms with E-state index in [2.05, 4.69) is 9.97 Å². The molecule has 3 nitrogen and oxygen atoms in total. The molecule has 2 rings (SSSR count). The Morgan fingerprint density at radius 1 is 1.43 bits per heavy atom. The highest BCUT2D eigenvalue weighted by molar-refractivity contribution is 6.33. The summed E-state index contributed by atoms with van der Waals surface area (Å²) in [6, 6.07) is 3.59. The summed E-state index contributed by atoms with van der Waals surface area (Å²) < 4.78 is 0. The van der Waals surface area contributed by atoms with Crippen molar-refractivity contribution < 1.29 is 4.79 Å². The van der Waals surface area contributed by atoms with Crippen LogP contribution in [0.25, 0.3) is 10.9 Å². The highest BCUT2D eigenvalue weighted by Gasteiger charge is 2.03. The third-order valence-corrected chi connectivity index (χ3v) is 2.17. The van der Waals surface area contributed by atoms with E-state index in [4.69, 9.17) is 11.6 Å². The molecule has 0 saturated carbocycles. The molecule has 4 heteroatoms. The Morgan fingerprint density at radius 3 is 2.93 bits per heavy atom. The van der Waals surface area contributed by atoms with Gasteiger partial charge in [0.15, 0.2) is 11.4 Å². The number of aryl methyl sites for hydroxylation is 1. The third-order valence-electron chi connectivity index (χ3n) is 1.91. The molecule has 0 unspecified atom stereocenters. The summed E-state index contributed by atoms with van der Waals surface area (Å²) in [6.45, 7) is 1.85. The van der Waals surface area contributed by atoms with Gasteiger partial charge in [-0.3, -0.25) is 9.78 Å². The molecule has 0 aliphatic rings. The van der Waals surface area contributed by atoms with Crippen molar-refractivity contribution in [3.63, 3.8) is 0 Å². The number of hydrogen-bond donors (Lipinski definition) is 0. The number of aldehydes is 1.